The van der Waals surface area contributed by atoms with E-state index >= 15 is 0 Å². The lowest BCUT2D eigenvalue weighted by Gasteiger charge is -2.25. The number of carbonyl (C=O) groups excluding carboxylic acids is 1. The molecule has 1 saturated carbocycles. The van der Waals surface area contributed by atoms with Gasteiger partial charge in [-0.15, -0.1) is 0 Å². The predicted molar refractivity (Wildman–Crippen MR) is 83.8 cm³/mol. The molecule has 0 aromatic carbocycles. The highest BCUT2D eigenvalue weighted by molar-refractivity contribution is 5.83. The molecule has 0 spiro atoms. The van der Waals surface area contributed by atoms with Gasteiger partial charge in [-0.3, -0.25) is 14.6 Å². The molecule has 3 fully saturated rings. The lowest BCUT2D eigenvalue weighted by molar-refractivity contribution is -0.130. The van der Waals surface area contributed by atoms with Crippen LogP contribution in [0.3, 0.4) is 0 Å². The normalized spacial score (nSPS) is 29.2. The first kappa shape index (κ1) is 15.1. The van der Waals surface area contributed by atoms with E-state index in [1.165, 1.54) is 12.8 Å². The third-order valence-corrected chi connectivity index (χ3v) is 5.46. The highest BCUT2D eigenvalue weighted by atomic mass is 16.5. The summed E-state index contributed by atoms with van der Waals surface area (Å²) in [6, 6.07) is 0.543. The van der Waals surface area contributed by atoms with Gasteiger partial charge in [0, 0.05) is 38.6 Å². The van der Waals surface area contributed by atoms with Crippen molar-refractivity contribution in [1.82, 2.24) is 24.8 Å². The van der Waals surface area contributed by atoms with Crippen LogP contribution in [0.4, 0.5) is 0 Å². The van der Waals surface area contributed by atoms with Crippen LogP contribution in [-0.2, 0) is 11.3 Å². The minimum Gasteiger partial charge on any atom is -0.344 e. The summed E-state index contributed by atoms with van der Waals surface area (Å²) in [5.41, 5.74) is 0. The maximum absolute atomic E-state index is 12.2. The minimum atomic E-state index is 0.0880. The molecule has 23 heavy (non-hydrogen) atoms. The van der Waals surface area contributed by atoms with Crippen molar-refractivity contribution in [2.75, 3.05) is 33.7 Å². The van der Waals surface area contributed by atoms with E-state index in [0.29, 0.717) is 18.5 Å². The number of amides is 1. The molecule has 1 aromatic rings. The zero-order chi connectivity index (χ0) is 16.0. The Labute approximate surface area is 136 Å². The number of likely N-dealkylation sites (tertiary alicyclic amines) is 2. The van der Waals surface area contributed by atoms with Crippen LogP contribution >= 0.6 is 0 Å². The second-order valence-electron chi connectivity index (χ2n) is 7.24. The molecular formula is C16H25N5O2. The van der Waals surface area contributed by atoms with Gasteiger partial charge in [-0.1, -0.05) is 5.16 Å². The molecule has 4 rings (SSSR count). The van der Waals surface area contributed by atoms with Gasteiger partial charge < -0.3 is 9.42 Å². The van der Waals surface area contributed by atoms with Crippen LogP contribution in [0.2, 0.25) is 0 Å². The summed E-state index contributed by atoms with van der Waals surface area (Å²) in [4.78, 5) is 23.2. The van der Waals surface area contributed by atoms with Crippen LogP contribution in [0.25, 0.3) is 0 Å². The molecule has 0 radical (unpaired) electrons. The molecule has 0 N–H and O–H groups in total. The van der Waals surface area contributed by atoms with Crippen LogP contribution in [0.5, 0.6) is 0 Å². The van der Waals surface area contributed by atoms with Crippen LogP contribution in [0, 0.1) is 0 Å². The Morgan fingerprint density at radius 2 is 2.09 bits per heavy atom. The Balaban J connectivity index is 1.32. The van der Waals surface area contributed by atoms with Gasteiger partial charge >= 0.3 is 0 Å². The molecule has 1 aromatic heterocycles. The van der Waals surface area contributed by atoms with Crippen LogP contribution < -0.4 is 0 Å². The molecule has 1 amide bonds. The number of rotatable bonds is 5. The zero-order valence-corrected chi connectivity index (χ0v) is 13.9. The smallest absolute Gasteiger partial charge is 0.239 e. The fourth-order valence-electron chi connectivity index (χ4n) is 3.73. The second-order valence-corrected chi connectivity index (χ2v) is 7.24. The van der Waals surface area contributed by atoms with E-state index in [1.54, 1.807) is 0 Å². The maximum atomic E-state index is 12.2. The fraction of sp³-hybridized carbons (Fsp3) is 0.812. The molecule has 1 aliphatic carbocycles. The van der Waals surface area contributed by atoms with Crippen molar-refractivity contribution in [2.45, 2.75) is 50.2 Å². The summed E-state index contributed by atoms with van der Waals surface area (Å²) >= 11 is 0. The number of likely N-dealkylation sites (N-methyl/N-ethyl adjacent to an activating group) is 2. The van der Waals surface area contributed by atoms with Crippen molar-refractivity contribution in [1.29, 1.82) is 0 Å². The monoisotopic (exact) mass is 319 g/mol. The lowest BCUT2D eigenvalue weighted by atomic mass is 10.2. The highest BCUT2D eigenvalue weighted by Gasteiger charge is 2.38. The van der Waals surface area contributed by atoms with Gasteiger partial charge in [-0.25, -0.2) is 0 Å². The molecule has 126 valence electrons. The standard InChI is InChI=1S/C16H25N5O2/c1-19-7-6-13(16(19)22)21-8-5-12(9-21)20(2)10-14-17-15(23-18-14)11-3-4-11/h11-13H,3-10H2,1-2H3/t12-,13-/m1/s1. The number of aromatic nitrogens is 2. The number of carbonyl (C=O) groups is 1. The van der Waals surface area contributed by atoms with E-state index < -0.39 is 0 Å². The summed E-state index contributed by atoms with van der Waals surface area (Å²) in [5.74, 6) is 2.38. The van der Waals surface area contributed by atoms with Crippen molar-refractivity contribution in [3.8, 4) is 0 Å². The second kappa shape index (κ2) is 5.87. The summed E-state index contributed by atoms with van der Waals surface area (Å²) in [5, 5.41) is 4.11. The number of hydrogen-bond acceptors (Lipinski definition) is 6. The molecule has 0 bridgehead atoms. The van der Waals surface area contributed by atoms with Crippen LogP contribution in [-0.4, -0.2) is 76.6 Å². The van der Waals surface area contributed by atoms with Crippen LogP contribution in [0.15, 0.2) is 4.52 Å². The van der Waals surface area contributed by atoms with E-state index in [1.807, 2.05) is 11.9 Å². The van der Waals surface area contributed by atoms with Crippen molar-refractivity contribution >= 4 is 5.91 Å². The van der Waals surface area contributed by atoms with Gasteiger partial charge in [0.1, 0.15) is 0 Å². The summed E-state index contributed by atoms with van der Waals surface area (Å²) in [6.07, 6.45) is 4.41. The van der Waals surface area contributed by atoms with E-state index in [2.05, 4.69) is 27.0 Å². The molecule has 2 atom stereocenters. The maximum Gasteiger partial charge on any atom is 0.239 e. The first-order valence-corrected chi connectivity index (χ1v) is 8.63. The van der Waals surface area contributed by atoms with Crippen molar-refractivity contribution < 1.29 is 9.32 Å². The highest BCUT2D eigenvalue weighted by Crippen LogP contribution is 2.38. The van der Waals surface area contributed by atoms with E-state index in [0.717, 1.165) is 44.2 Å². The summed E-state index contributed by atoms with van der Waals surface area (Å²) in [6.45, 7) is 3.55. The Bertz CT molecular complexity index is 585. The molecule has 3 heterocycles. The summed E-state index contributed by atoms with van der Waals surface area (Å²) < 4.78 is 5.33. The van der Waals surface area contributed by atoms with Gasteiger partial charge in [0.15, 0.2) is 5.82 Å². The quantitative estimate of drug-likeness (QED) is 0.795. The van der Waals surface area contributed by atoms with Gasteiger partial charge in [-0.05, 0) is 32.7 Å². The molecular weight excluding hydrogens is 294 g/mol. The third-order valence-electron chi connectivity index (χ3n) is 5.46. The first-order chi connectivity index (χ1) is 11.1. The van der Waals surface area contributed by atoms with Gasteiger partial charge in [0.05, 0.1) is 12.6 Å². The summed E-state index contributed by atoms with van der Waals surface area (Å²) in [7, 11) is 4.01. The fourth-order valence-corrected chi connectivity index (χ4v) is 3.73. The minimum absolute atomic E-state index is 0.0880. The van der Waals surface area contributed by atoms with Gasteiger partial charge in [-0.2, -0.15) is 4.98 Å². The Kier molecular flexibility index (Phi) is 3.85. The molecule has 2 saturated heterocycles. The van der Waals surface area contributed by atoms with Crippen molar-refractivity contribution in [3.05, 3.63) is 11.7 Å². The number of hydrogen-bond donors (Lipinski definition) is 0. The van der Waals surface area contributed by atoms with E-state index in [4.69, 9.17) is 4.52 Å². The van der Waals surface area contributed by atoms with E-state index in [9.17, 15) is 4.79 Å². The molecule has 2 aliphatic heterocycles. The number of nitrogens with zero attached hydrogens (tertiary/aromatic N) is 5. The Morgan fingerprint density at radius 3 is 2.78 bits per heavy atom. The van der Waals surface area contributed by atoms with Gasteiger partial charge in [0.2, 0.25) is 11.8 Å². The van der Waals surface area contributed by atoms with Crippen molar-refractivity contribution in [3.63, 3.8) is 0 Å². The lowest BCUT2D eigenvalue weighted by Crippen LogP contribution is -2.42. The average Bonchev–Trinajstić information content (AvgIpc) is 2.94. The van der Waals surface area contributed by atoms with Crippen molar-refractivity contribution in [2.24, 2.45) is 0 Å². The largest absolute Gasteiger partial charge is 0.344 e. The molecule has 0 unspecified atom stereocenters. The Morgan fingerprint density at radius 1 is 1.26 bits per heavy atom. The topological polar surface area (TPSA) is 65.7 Å². The molecule has 3 aliphatic rings. The molecule has 7 nitrogen and oxygen atoms in total. The third kappa shape index (κ3) is 2.99. The average molecular weight is 319 g/mol. The Hall–Kier alpha value is -1.47. The molecule has 7 heteroatoms. The van der Waals surface area contributed by atoms with Crippen LogP contribution in [0.1, 0.15) is 43.3 Å². The van der Waals surface area contributed by atoms with E-state index in [-0.39, 0.29) is 11.9 Å². The predicted octanol–water partition coefficient (Wildman–Crippen LogP) is 0.684. The first-order valence-electron chi connectivity index (χ1n) is 8.63. The zero-order valence-electron chi connectivity index (χ0n) is 13.9. The van der Waals surface area contributed by atoms with Gasteiger partial charge in [0.25, 0.3) is 0 Å². The SMILES string of the molecule is CN1CC[C@@H](N2CC[C@@H](N(C)Cc3noc(C4CC4)n3)C2)C1=O.